The van der Waals surface area contributed by atoms with Crippen molar-refractivity contribution in [1.29, 1.82) is 5.26 Å². The summed E-state index contributed by atoms with van der Waals surface area (Å²) in [5, 5.41) is 16.7. The summed E-state index contributed by atoms with van der Waals surface area (Å²) in [6.07, 6.45) is 0. The van der Waals surface area contributed by atoms with E-state index < -0.39 is 5.54 Å². The number of ether oxygens (including phenoxy) is 1. The van der Waals surface area contributed by atoms with Gasteiger partial charge in [-0.05, 0) is 29.2 Å². The minimum Gasteiger partial charge on any atom is -0.497 e. The number of nitrogens with one attached hydrogen (secondary N) is 2. The van der Waals surface area contributed by atoms with E-state index in [9.17, 15) is 5.26 Å². The summed E-state index contributed by atoms with van der Waals surface area (Å²) in [4.78, 5) is 0. The van der Waals surface area contributed by atoms with Crippen LogP contribution >= 0.6 is 0 Å². The Hall–Kier alpha value is -2.35. The van der Waals surface area contributed by atoms with Crippen molar-refractivity contribution in [3.05, 3.63) is 65.7 Å². The zero-order valence-corrected chi connectivity index (χ0v) is 15.3. The first-order chi connectivity index (χ1) is 12.1. The maximum Gasteiger partial charge on any atom is 0.121 e. The maximum absolute atomic E-state index is 9.83. The van der Waals surface area contributed by atoms with Crippen LogP contribution in [0.3, 0.4) is 0 Å². The van der Waals surface area contributed by atoms with Gasteiger partial charge >= 0.3 is 0 Å². The van der Waals surface area contributed by atoms with Gasteiger partial charge in [0.1, 0.15) is 11.3 Å². The van der Waals surface area contributed by atoms with Crippen molar-refractivity contribution in [2.75, 3.05) is 13.7 Å². The minimum atomic E-state index is -0.616. The van der Waals surface area contributed by atoms with Crippen molar-refractivity contribution >= 4 is 0 Å². The summed E-state index contributed by atoms with van der Waals surface area (Å²) in [6, 6.07) is 20.6. The van der Waals surface area contributed by atoms with Gasteiger partial charge < -0.3 is 10.1 Å². The number of hydrogen-bond donors (Lipinski definition) is 2. The van der Waals surface area contributed by atoms with E-state index in [2.05, 4.69) is 42.7 Å². The molecule has 0 aliphatic heterocycles. The van der Waals surface area contributed by atoms with Crippen LogP contribution in [0.25, 0.3) is 0 Å². The summed E-state index contributed by atoms with van der Waals surface area (Å²) in [7, 11) is 1.66. The average molecular weight is 337 g/mol. The van der Waals surface area contributed by atoms with Crippen LogP contribution in [0.15, 0.2) is 54.6 Å². The van der Waals surface area contributed by atoms with Gasteiger partial charge in [0.15, 0.2) is 0 Å². The van der Waals surface area contributed by atoms with Crippen LogP contribution in [0.5, 0.6) is 5.75 Å². The van der Waals surface area contributed by atoms with Crippen LogP contribution in [0.2, 0.25) is 0 Å². The van der Waals surface area contributed by atoms with Gasteiger partial charge in [-0.2, -0.15) is 5.26 Å². The van der Waals surface area contributed by atoms with Crippen LogP contribution in [0.1, 0.15) is 25.0 Å². The second kappa shape index (κ2) is 9.22. The Morgan fingerprint density at radius 2 is 1.64 bits per heavy atom. The smallest absolute Gasteiger partial charge is 0.121 e. The molecule has 0 saturated carbocycles. The van der Waals surface area contributed by atoms with Gasteiger partial charge in [-0.25, -0.2) is 0 Å². The van der Waals surface area contributed by atoms with Crippen LogP contribution in [0, 0.1) is 17.2 Å². The Labute approximate surface area is 150 Å². The fourth-order valence-corrected chi connectivity index (χ4v) is 2.68. The lowest BCUT2D eigenvalue weighted by Crippen LogP contribution is -2.54. The van der Waals surface area contributed by atoms with Gasteiger partial charge in [0.2, 0.25) is 0 Å². The van der Waals surface area contributed by atoms with Crippen LogP contribution < -0.4 is 15.4 Å². The number of hydrogen-bond acceptors (Lipinski definition) is 4. The third-order valence-corrected chi connectivity index (χ3v) is 4.53. The topological polar surface area (TPSA) is 57.1 Å². The zero-order chi connectivity index (χ0) is 18.1. The largest absolute Gasteiger partial charge is 0.497 e. The molecule has 0 aromatic heterocycles. The maximum atomic E-state index is 9.83. The van der Waals surface area contributed by atoms with E-state index in [1.165, 1.54) is 5.56 Å². The molecule has 0 fully saturated rings. The Morgan fingerprint density at radius 1 is 1.00 bits per heavy atom. The lowest BCUT2D eigenvalue weighted by molar-refractivity contribution is 0.293. The highest BCUT2D eigenvalue weighted by molar-refractivity contribution is 5.27. The Balaban J connectivity index is 1.97. The highest BCUT2D eigenvalue weighted by atomic mass is 16.5. The van der Waals surface area contributed by atoms with Crippen molar-refractivity contribution < 1.29 is 4.74 Å². The van der Waals surface area contributed by atoms with E-state index in [1.54, 1.807) is 7.11 Å². The van der Waals surface area contributed by atoms with Crippen molar-refractivity contribution in [2.24, 2.45) is 5.92 Å². The SMILES string of the molecule is COc1ccc(CNC(C#N)(CNCc2ccccc2)C(C)C)cc1. The van der Waals surface area contributed by atoms with Gasteiger partial charge in [-0.1, -0.05) is 56.3 Å². The number of nitriles is 1. The minimum absolute atomic E-state index is 0.180. The number of benzene rings is 2. The quantitative estimate of drug-likeness (QED) is 0.735. The van der Waals surface area contributed by atoms with Gasteiger partial charge in [0.05, 0.1) is 13.2 Å². The molecular weight excluding hydrogens is 310 g/mol. The molecule has 2 N–H and O–H groups in total. The van der Waals surface area contributed by atoms with Crippen molar-refractivity contribution in [3.63, 3.8) is 0 Å². The molecule has 1 unspecified atom stereocenters. The second-order valence-electron chi connectivity index (χ2n) is 6.53. The molecule has 0 spiro atoms. The standard InChI is InChI=1S/C21H27N3O/c1-17(2)21(15-22,16-23-13-18-7-5-4-6-8-18)24-14-19-9-11-20(25-3)12-10-19/h4-12,17,23-24H,13-14,16H2,1-3H3. The first-order valence-corrected chi connectivity index (χ1v) is 8.63. The molecule has 1 atom stereocenters. The molecule has 2 aromatic carbocycles. The zero-order valence-electron chi connectivity index (χ0n) is 15.3. The van der Waals surface area contributed by atoms with E-state index in [1.807, 2.05) is 42.5 Å². The predicted molar refractivity (Wildman–Crippen MR) is 101 cm³/mol. The summed E-state index contributed by atoms with van der Waals surface area (Å²) in [5.74, 6) is 1.02. The molecule has 0 saturated heterocycles. The van der Waals surface area contributed by atoms with E-state index >= 15 is 0 Å². The Morgan fingerprint density at radius 3 is 2.20 bits per heavy atom. The molecule has 0 bridgehead atoms. The highest BCUT2D eigenvalue weighted by Gasteiger charge is 2.33. The molecule has 2 aromatic rings. The highest BCUT2D eigenvalue weighted by Crippen LogP contribution is 2.18. The molecule has 0 aliphatic rings. The lowest BCUT2D eigenvalue weighted by atomic mass is 9.87. The molecule has 4 heteroatoms. The molecule has 0 radical (unpaired) electrons. The van der Waals surface area contributed by atoms with E-state index in [4.69, 9.17) is 4.74 Å². The fourth-order valence-electron chi connectivity index (χ4n) is 2.68. The van der Waals surface area contributed by atoms with Crippen LogP contribution in [-0.4, -0.2) is 19.2 Å². The summed E-state index contributed by atoms with van der Waals surface area (Å²) in [5.41, 5.74) is 1.73. The van der Waals surface area contributed by atoms with E-state index in [-0.39, 0.29) is 5.92 Å². The van der Waals surface area contributed by atoms with Gasteiger partial charge in [0, 0.05) is 19.6 Å². The van der Waals surface area contributed by atoms with Gasteiger partial charge in [0.25, 0.3) is 0 Å². The first-order valence-electron chi connectivity index (χ1n) is 8.63. The van der Waals surface area contributed by atoms with Crippen molar-refractivity contribution in [3.8, 4) is 11.8 Å². The van der Waals surface area contributed by atoms with Gasteiger partial charge in [-0.15, -0.1) is 0 Å². The number of rotatable bonds is 9. The summed E-state index contributed by atoms with van der Waals surface area (Å²) in [6.45, 7) is 6.14. The lowest BCUT2D eigenvalue weighted by Gasteiger charge is -2.32. The molecule has 4 nitrogen and oxygen atoms in total. The van der Waals surface area contributed by atoms with Crippen molar-refractivity contribution in [1.82, 2.24) is 10.6 Å². The molecule has 0 amide bonds. The molecular formula is C21H27N3O. The molecule has 2 rings (SSSR count). The second-order valence-corrected chi connectivity index (χ2v) is 6.53. The molecule has 25 heavy (non-hydrogen) atoms. The Bertz CT molecular complexity index is 677. The number of methoxy groups -OCH3 is 1. The molecule has 132 valence electrons. The molecule has 0 heterocycles. The normalized spacial score (nSPS) is 13.2. The third-order valence-electron chi connectivity index (χ3n) is 4.53. The third kappa shape index (κ3) is 5.32. The number of nitrogens with zero attached hydrogens (tertiary/aromatic N) is 1. The van der Waals surface area contributed by atoms with E-state index in [0.717, 1.165) is 17.9 Å². The van der Waals surface area contributed by atoms with Gasteiger partial charge in [-0.3, -0.25) is 5.32 Å². The monoisotopic (exact) mass is 337 g/mol. The Kier molecular flexibility index (Phi) is 7.00. The predicted octanol–water partition coefficient (Wildman–Crippen LogP) is 3.49. The summed E-state index contributed by atoms with van der Waals surface area (Å²) >= 11 is 0. The van der Waals surface area contributed by atoms with Crippen molar-refractivity contribution in [2.45, 2.75) is 32.5 Å². The molecule has 0 aliphatic carbocycles. The average Bonchev–Trinajstić information content (AvgIpc) is 2.65. The van der Waals surface area contributed by atoms with E-state index in [0.29, 0.717) is 13.1 Å². The summed E-state index contributed by atoms with van der Waals surface area (Å²) < 4.78 is 5.19. The first kappa shape index (κ1) is 19.0. The van der Waals surface area contributed by atoms with Crippen LogP contribution in [-0.2, 0) is 13.1 Å². The fraction of sp³-hybridized carbons (Fsp3) is 0.381. The van der Waals surface area contributed by atoms with Crippen LogP contribution in [0.4, 0.5) is 0 Å².